The molecule has 0 aromatic heterocycles. The molecule has 3 heterocycles. The van der Waals surface area contributed by atoms with E-state index in [0.717, 1.165) is 42.6 Å². The minimum atomic E-state index is -0.569. The van der Waals surface area contributed by atoms with Crippen LogP contribution in [0.25, 0.3) is 0 Å². The lowest BCUT2D eigenvalue weighted by Crippen LogP contribution is -2.52. The number of piperidine rings is 1. The highest BCUT2D eigenvalue weighted by atomic mass is 16.2. The number of carbonyl (C=O) groups is 3. The number of imide groups is 1. The van der Waals surface area contributed by atoms with Gasteiger partial charge in [-0.3, -0.25) is 24.6 Å². The molecule has 2 fully saturated rings. The zero-order valence-electron chi connectivity index (χ0n) is 16.2. The number of nitrogens with zero attached hydrogens (tertiary/aromatic N) is 2. The second-order valence-corrected chi connectivity index (χ2v) is 8.20. The number of fused-ring (bicyclic) bond motifs is 1. The van der Waals surface area contributed by atoms with E-state index < -0.39 is 6.04 Å². The summed E-state index contributed by atoms with van der Waals surface area (Å²) in [6, 6.07) is 5.56. The van der Waals surface area contributed by atoms with Crippen LogP contribution in [0.1, 0.15) is 60.0 Å². The van der Waals surface area contributed by atoms with Gasteiger partial charge in [0.2, 0.25) is 11.8 Å². The molecule has 0 bridgehead atoms. The first-order valence-corrected chi connectivity index (χ1v) is 10.3. The van der Waals surface area contributed by atoms with Gasteiger partial charge in [-0.25, -0.2) is 0 Å². The Morgan fingerprint density at radius 2 is 1.96 bits per heavy atom. The molecule has 150 valence electrons. The van der Waals surface area contributed by atoms with Gasteiger partial charge in [-0.2, -0.15) is 0 Å². The lowest BCUT2D eigenvalue weighted by atomic mass is 10.0. The average Bonchev–Trinajstić information content (AvgIpc) is 2.97. The third kappa shape index (κ3) is 3.82. The fourth-order valence-electron chi connectivity index (χ4n) is 4.64. The van der Waals surface area contributed by atoms with Gasteiger partial charge in [0, 0.05) is 37.7 Å². The monoisotopic (exact) mass is 384 g/mol. The minimum absolute atomic E-state index is 0.101. The lowest BCUT2D eigenvalue weighted by Gasteiger charge is -2.30. The van der Waals surface area contributed by atoms with Crippen molar-refractivity contribution in [3.05, 3.63) is 34.9 Å². The second kappa shape index (κ2) is 8.01. The highest BCUT2D eigenvalue weighted by Gasteiger charge is 2.40. The summed E-state index contributed by atoms with van der Waals surface area (Å²) < 4.78 is 0. The molecule has 0 saturated carbocycles. The van der Waals surface area contributed by atoms with Gasteiger partial charge in [0.05, 0.1) is 0 Å². The van der Waals surface area contributed by atoms with E-state index in [1.54, 1.807) is 4.90 Å². The van der Waals surface area contributed by atoms with Crippen molar-refractivity contribution >= 4 is 17.7 Å². The van der Waals surface area contributed by atoms with E-state index in [0.29, 0.717) is 19.5 Å². The number of carbonyl (C=O) groups excluding carboxylic acids is 3. The van der Waals surface area contributed by atoms with Gasteiger partial charge >= 0.3 is 0 Å². The average molecular weight is 384 g/mol. The van der Waals surface area contributed by atoms with Gasteiger partial charge in [-0.15, -0.1) is 0 Å². The van der Waals surface area contributed by atoms with E-state index in [9.17, 15) is 14.4 Å². The first kappa shape index (κ1) is 19.1. The molecule has 0 aliphatic carbocycles. The number of hydrogen-bond acceptors (Lipinski definition) is 5. The Balaban J connectivity index is 1.53. The van der Waals surface area contributed by atoms with Crippen molar-refractivity contribution in [1.29, 1.82) is 0 Å². The Morgan fingerprint density at radius 1 is 1.11 bits per heavy atom. The molecule has 28 heavy (non-hydrogen) atoms. The predicted octanol–water partition coefficient (Wildman–Crippen LogP) is 1.15. The summed E-state index contributed by atoms with van der Waals surface area (Å²) >= 11 is 0. The number of benzene rings is 1. The zero-order chi connectivity index (χ0) is 19.7. The third-order valence-corrected chi connectivity index (χ3v) is 6.07. The largest absolute Gasteiger partial charge is 0.327 e. The topological polar surface area (TPSA) is 95.7 Å². The summed E-state index contributed by atoms with van der Waals surface area (Å²) in [5.74, 6) is -0.732. The maximum atomic E-state index is 13.2. The number of nitrogens with one attached hydrogen (secondary N) is 1. The molecule has 2 atom stereocenters. The third-order valence-electron chi connectivity index (χ3n) is 6.07. The molecule has 7 heteroatoms. The Bertz CT molecular complexity index is 794. The highest BCUT2D eigenvalue weighted by Crippen LogP contribution is 2.30. The molecule has 0 spiro atoms. The second-order valence-electron chi connectivity index (χ2n) is 8.20. The van der Waals surface area contributed by atoms with Crippen LogP contribution in [0.5, 0.6) is 0 Å². The number of nitrogens with two attached hydrogens (primary N) is 1. The summed E-state index contributed by atoms with van der Waals surface area (Å²) in [4.78, 5) is 40.8. The maximum Gasteiger partial charge on any atom is 0.255 e. The van der Waals surface area contributed by atoms with Crippen molar-refractivity contribution in [2.45, 2.75) is 63.7 Å². The summed E-state index contributed by atoms with van der Waals surface area (Å²) in [7, 11) is 0. The molecular weight excluding hydrogens is 356 g/mol. The van der Waals surface area contributed by atoms with Crippen LogP contribution >= 0.6 is 0 Å². The molecule has 3 aliphatic heterocycles. The van der Waals surface area contributed by atoms with E-state index in [1.807, 2.05) is 18.2 Å². The quantitative estimate of drug-likeness (QED) is 0.762. The molecule has 3 N–H and O–H groups in total. The minimum Gasteiger partial charge on any atom is -0.327 e. The summed E-state index contributed by atoms with van der Waals surface area (Å²) in [6.45, 7) is 2.96. The molecule has 1 aromatic carbocycles. The molecule has 2 saturated heterocycles. The van der Waals surface area contributed by atoms with Crippen molar-refractivity contribution in [2.24, 2.45) is 5.73 Å². The number of rotatable bonds is 3. The Kier molecular flexibility index (Phi) is 5.46. The number of amides is 3. The summed E-state index contributed by atoms with van der Waals surface area (Å²) in [5.41, 5.74) is 8.94. The SMILES string of the molecule is NC1CCCCCN(Cc2cccc3c2C(=O)N(C2CCC(=O)NC2=O)C3)C1. The van der Waals surface area contributed by atoms with Crippen molar-refractivity contribution in [3.8, 4) is 0 Å². The van der Waals surface area contributed by atoms with E-state index in [4.69, 9.17) is 5.73 Å². The Labute approximate surface area is 165 Å². The van der Waals surface area contributed by atoms with Crippen molar-refractivity contribution in [3.63, 3.8) is 0 Å². The summed E-state index contributed by atoms with van der Waals surface area (Å²) in [5, 5.41) is 2.36. The standard InChI is InChI=1S/C21H28N4O3/c22-16-7-2-1-3-10-24(13-16)11-14-5-4-6-15-12-25(21(28)19(14)15)17-8-9-18(26)23-20(17)27/h4-6,16-17H,1-3,7-13,22H2,(H,23,26,27). The van der Waals surface area contributed by atoms with Gasteiger partial charge in [0.1, 0.15) is 6.04 Å². The molecule has 1 aromatic rings. The molecule has 2 unspecified atom stereocenters. The molecule has 3 amide bonds. The molecule has 0 radical (unpaired) electrons. The first-order valence-electron chi connectivity index (χ1n) is 10.3. The Morgan fingerprint density at radius 3 is 2.79 bits per heavy atom. The number of hydrogen-bond donors (Lipinski definition) is 2. The molecular formula is C21H28N4O3. The van der Waals surface area contributed by atoms with Crippen molar-refractivity contribution < 1.29 is 14.4 Å². The Hall–Kier alpha value is -2.25. The molecule has 3 aliphatic rings. The normalized spacial score (nSPS) is 26.6. The summed E-state index contributed by atoms with van der Waals surface area (Å²) in [6.07, 6.45) is 5.24. The lowest BCUT2D eigenvalue weighted by molar-refractivity contribution is -0.136. The van der Waals surface area contributed by atoms with Gasteiger partial charge in [0.25, 0.3) is 5.91 Å². The van der Waals surface area contributed by atoms with Crippen LogP contribution in [-0.4, -0.2) is 52.7 Å². The zero-order valence-corrected chi connectivity index (χ0v) is 16.2. The maximum absolute atomic E-state index is 13.2. The van der Waals surface area contributed by atoms with E-state index in [2.05, 4.69) is 10.2 Å². The molecule has 4 rings (SSSR count). The van der Waals surface area contributed by atoms with Crippen LogP contribution in [-0.2, 0) is 22.7 Å². The van der Waals surface area contributed by atoms with Crippen LogP contribution in [0.3, 0.4) is 0 Å². The van der Waals surface area contributed by atoms with Gasteiger partial charge in [0.15, 0.2) is 0 Å². The van der Waals surface area contributed by atoms with Crippen LogP contribution in [0.4, 0.5) is 0 Å². The predicted molar refractivity (Wildman–Crippen MR) is 104 cm³/mol. The van der Waals surface area contributed by atoms with Gasteiger partial charge < -0.3 is 10.6 Å². The van der Waals surface area contributed by atoms with Gasteiger partial charge in [-0.1, -0.05) is 31.0 Å². The van der Waals surface area contributed by atoms with Crippen LogP contribution in [0, 0.1) is 0 Å². The van der Waals surface area contributed by atoms with Crippen molar-refractivity contribution in [2.75, 3.05) is 13.1 Å². The van der Waals surface area contributed by atoms with Gasteiger partial charge in [-0.05, 0) is 36.9 Å². The highest BCUT2D eigenvalue weighted by molar-refractivity contribution is 6.05. The fourth-order valence-corrected chi connectivity index (χ4v) is 4.64. The van der Waals surface area contributed by atoms with E-state index in [-0.39, 0.29) is 30.2 Å². The van der Waals surface area contributed by atoms with Crippen molar-refractivity contribution in [1.82, 2.24) is 15.1 Å². The van der Waals surface area contributed by atoms with Crippen LogP contribution < -0.4 is 11.1 Å². The first-order chi connectivity index (χ1) is 13.5. The fraction of sp³-hybridized carbons (Fsp3) is 0.571. The molecule has 7 nitrogen and oxygen atoms in total. The number of likely N-dealkylation sites (tertiary alicyclic amines) is 1. The smallest absolute Gasteiger partial charge is 0.255 e. The van der Waals surface area contributed by atoms with E-state index in [1.165, 1.54) is 12.8 Å². The van der Waals surface area contributed by atoms with E-state index >= 15 is 0 Å². The van der Waals surface area contributed by atoms with Crippen LogP contribution in [0.15, 0.2) is 18.2 Å². The van der Waals surface area contributed by atoms with Crippen LogP contribution in [0.2, 0.25) is 0 Å².